The molecule has 1 N–H and O–H groups in total. The number of carbonyl (C=O) groups excluding carboxylic acids is 2. The molecule has 0 heterocycles. The lowest BCUT2D eigenvalue weighted by Gasteiger charge is -2.31. The fraction of sp³-hybridized carbons (Fsp3) is 0.259. The molecule has 0 saturated heterocycles. The molecule has 3 aromatic carbocycles. The molecule has 3 rings (SSSR count). The molecular formula is C27H30FN3O5S. The lowest BCUT2D eigenvalue weighted by Crippen LogP contribution is -2.50. The number of hydrogen-bond donors (Lipinski definition) is 1. The quantitative estimate of drug-likeness (QED) is 0.411. The van der Waals surface area contributed by atoms with Crippen molar-refractivity contribution in [3.05, 3.63) is 90.2 Å². The first-order valence-electron chi connectivity index (χ1n) is 11.7. The first-order valence-corrected chi connectivity index (χ1v) is 13.2. The lowest BCUT2D eigenvalue weighted by atomic mass is 10.1. The number of rotatable bonds is 11. The van der Waals surface area contributed by atoms with Gasteiger partial charge in [-0.1, -0.05) is 30.3 Å². The Labute approximate surface area is 216 Å². The maximum Gasteiger partial charge on any atom is 0.264 e. The van der Waals surface area contributed by atoms with Crippen molar-refractivity contribution in [3.63, 3.8) is 0 Å². The van der Waals surface area contributed by atoms with Crippen molar-refractivity contribution in [2.24, 2.45) is 0 Å². The average molecular weight is 528 g/mol. The summed E-state index contributed by atoms with van der Waals surface area (Å²) in [6, 6.07) is 18.9. The fourth-order valence-corrected chi connectivity index (χ4v) is 5.12. The number of benzene rings is 3. The second-order valence-corrected chi connectivity index (χ2v) is 10.1. The molecule has 8 nitrogen and oxygen atoms in total. The molecule has 196 valence electrons. The van der Waals surface area contributed by atoms with Crippen molar-refractivity contribution in [2.75, 3.05) is 24.5 Å². The smallest absolute Gasteiger partial charge is 0.264 e. The Bertz CT molecular complexity index is 1300. The zero-order chi connectivity index (χ0) is 27.0. The van der Waals surface area contributed by atoms with Crippen LogP contribution in [0.25, 0.3) is 0 Å². The predicted octanol–water partition coefficient (Wildman–Crippen LogP) is 3.58. The highest BCUT2D eigenvalue weighted by Crippen LogP contribution is 2.27. The molecule has 0 aliphatic heterocycles. The number of carbonyl (C=O) groups is 2. The van der Waals surface area contributed by atoms with Gasteiger partial charge in [-0.25, -0.2) is 12.8 Å². The Kier molecular flexibility index (Phi) is 9.24. The number of nitrogens with zero attached hydrogens (tertiary/aromatic N) is 2. The van der Waals surface area contributed by atoms with Crippen molar-refractivity contribution < 1.29 is 27.1 Å². The summed E-state index contributed by atoms with van der Waals surface area (Å²) in [5.41, 5.74) is 0.994. The fourth-order valence-electron chi connectivity index (χ4n) is 3.71. The van der Waals surface area contributed by atoms with E-state index in [-0.39, 0.29) is 17.1 Å². The Morgan fingerprint density at radius 3 is 2.16 bits per heavy atom. The summed E-state index contributed by atoms with van der Waals surface area (Å²) in [7, 11) is -2.80. The van der Waals surface area contributed by atoms with Gasteiger partial charge in [-0.2, -0.15) is 0 Å². The van der Waals surface area contributed by atoms with Crippen molar-refractivity contribution in [2.45, 2.75) is 31.3 Å². The van der Waals surface area contributed by atoms with Gasteiger partial charge in [-0.05, 0) is 67.9 Å². The standard InChI is InChI=1S/C27H30FN3O5S/c1-4-36-24-14-12-23(13-15-24)31(37(34,35)25-16-10-22(28)11-17-25)19-26(32)30(20(2)27(33)29-3)18-21-8-6-5-7-9-21/h5-17,20H,4,18-19H2,1-3H3,(H,29,33). The summed E-state index contributed by atoms with van der Waals surface area (Å²) in [5, 5.41) is 2.54. The van der Waals surface area contributed by atoms with E-state index in [1.807, 2.05) is 37.3 Å². The van der Waals surface area contributed by atoms with Crippen LogP contribution in [-0.2, 0) is 26.2 Å². The van der Waals surface area contributed by atoms with Crippen molar-refractivity contribution in [1.29, 1.82) is 0 Å². The number of anilines is 1. The average Bonchev–Trinajstić information content (AvgIpc) is 2.91. The molecule has 0 aromatic heterocycles. The predicted molar refractivity (Wildman–Crippen MR) is 139 cm³/mol. The molecule has 10 heteroatoms. The number of ether oxygens (including phenoxy) is 1. The highest BCUT2D eigenvalue weighted by Gasteiger charge is 2.32. The second kappa shape index (κ2) is 12.4. The van der Waals surface area contributed by atoms with Crippen molar-refractivity contribution in [1.82, 2.24) is 10.2 Å². The normalized spacial score (nSPS) is 11.9. The third-order valence-corrected chi connectivity index (χ3v) is 7.51. The molecule has 0 aliphatic rings. The van der Waals surface area contributed by atoms with Crippen LogP contribution < -0.4 is 14.4 Å². The summed E-state index contributed by atoms with van der Waals surface area (Å²) < 4.78 is 47.2. The molecule has 3 aromatic rings. The van der Waals surface area contributed by atoms with Gasteiger partial charge in [0.2, 0.25) is 11.8 Å². The molecule has 2 amide bonds. The zero-order valence-corrected chi connectivity index (χ0v) is 21.7. The van der Waals surface area contributed by atoms with Gasteiger partial charge in [-0.15, -0.1) is 0 Å². The van der Waals surface area contributed by atoms with Gasteiger partial charge in [0.25, 0.3) is 10.0 Å². The van der Waals surface area contributed by atoms with E-state index in [4.69, 9.17) is 4.74 Å². The molecule has 37 heavy (non-hydrogen) atoms. The van der Waals surface area contributed by atoms with Crippen LogP contribution in [0.1, 0.15) is 19.4 Å². The number of hydrogen-bond acceptors (Lipinski definition) is 5. The van der Waals surface area contributed by atoms with Crippen LogP contribution in [-0.4, -0.2) is 51.4 Å². The Morgan fingerprint density at radius 1 is 0.973 bits per heavy atom. The van der Waals surface area contributed by atoms with Crippen molar-refractivity contribution >= 4 is 27.5 Å². The van der Waals surface area contributed by atoms with Crippen LogP contribution in [0.15, 0.2) is 83.8 Å². The van der Waals surface area contributed by atoms with Crippen LogP contribution in [0.5, 0.6) is 5.75 Å². The maximum atomic E-state index is 13.7. The molecule has 0 bridgehead atoms. The first kappa shape index (κ1) is 27.7. The van der Waals surface area contributed by atoms with Gasteiger partial charge in [0.05, 0.1) is 17.2 Å². The van der Waals surface area contributed by atoms with Gasteiger partial charge in [0.15, 0.2) is 0 Å². The molecule has 0 fully saturated rings. The van der Waals surface area contributed by atoms with E-state index < -0.39 is 40.2 Å². The van der Waals surface area contributed by atoms with Crippen LogP contribution in [0.3, 0.4) is 0 Å². The van der Waals surface area contributed by atoms with Gasteiger partial charge in [0, 0.05) is 13.6 Å². The minimum Gasteiger partial charge on any atom is -0.494 e. The topological polar surface area (TPSA) is 96.0 Å². The van der Waals surface area contributed by atoms with Crippen LogP contribution in [0.2, 0.25) is 0 Å². The second-order valence-electron chi connectivity index (χ2n) is 8.19. The Morgan fingerprint density at radius 2 is 1.59 bits per heavy atom. The maximum absolute atomic E-state index is 13.7. The molecule has 1 unspecified atom stereocenters. The van der Waals surface area contributed by atoms with Gasteiger partial charge >= 0.3 is 0 Å². The summed E-state index contributed by atoms with van der Waals surface area (Å²) in [6.07, 6.45) is 0. The number of halogens is 1. The summed E-state index contributed by atoms with van der Waals surface area (Å²) >= 11 is 0. The lowest BCUT2D eigenvalue weighted by molar-refractivity contribution is -0.139. The molecule has 0 radical (unpaired) electrons. The molecule has 0 spiro atoms. The largest absolute Gasteiger partial charge is 0.494 e. The summed E-state index contributed by atoms with van der Waals surface area (Å²) in [5.74, 6) is -1.02. The van der Waals surface area contributed by atoms with E-state index in [0.717, 1.165) is 34.1 Å². The Hall–Kier alpha value is -3.92. The van der Waals surface area contributed by atoms with Crippen LogP contribution in [0.4, 0.5) is 10.1 Å². The van der Waals surface area contributed by atoms with Crippen LogP contribution in [0, 0.1) is 5.82 Å². The minimum absolute atomic E-state index is 0.0992. The van der Waals surface area contributed by atoms with Gasteiger partial charge < -0.3 is 15.0 Å². The number of sulfonamides is 1. The van der Waals surface area contributed by atoms with Crippen molar-refractivity contribution in [3.8, 4) is 5.75 Å². The molecule has 1 atom stereocenters. The zero-order valence-electron chi connectivity index (χ0n) is 20.9. The molecule has 0 aliphatic carbocycles. The van der Waals surface area contributed by atoms with Crippen LogP contribution >= 0.6 is 0 Å². The Balaban J connectivity index is 2.02. The minimum atomic E-state index is -4.27. The molecular weight excluding hydrogens is 497 g/mol. The number of likely N-dealkylation sites (N-methyl/N-ethyl adjacent to an activating group) is 1. The van der Waals surface area contributed by atoms with E-state index in [9.17, 15) is 22.4 Å². The highest BCUT2D eigenvalue weighted by atomic mass is 32.2. The van der Waals surface area contributed by atoms with E-state index in [1.165, 1.54) is 24.1 Å². The van der Waals surface area contributed by atoms with E-state index in [0.29, 0.717) is 12.4 Å². The first-order chi connectivity index (χ1) is 17.7. The third kappa shape index (κ3) is 6.85. The monoisotopic (exact) mass is 527 g/mol. The summed E-state index contributed by atoms with van der Waals surface area (Å²) in [4.78, 5) is 27.3. The van der Waals surface area contributed by atoms with E-state index in [1.54, 1.807) is 19.1 Å². The molecule has 0 saturated carbocycles. The van der Waals surface area contributed by atoms with Gasteiger partial charge in [0.1, 0.15) is 24.2 Å². The highest BCUT2D eigenvalue weighted by molar-refractivity contribution is 7.92. The third-order valence-electron chi connectivity index (χ3n) is 5.73. The van der Waals surface area contributed by atoms with E-state index >= 15 is 0 Å². The van der Waals surface area contributed by atoms with E-state index in [2.05, 4.69) is 5.32 Å². The summed E-state index contributed by atoms with van der Waals surface area (Å²) in [6.45, 7) is 3.35. The number of amides is 2. The number of nitrogens with one attached hydrogen (secondary N) is 1. The van der Waals surface area contributed by atoms with Gasteiger partial charge in [-0.3, -0.25) is 13.9 Å². The SMILES string of the molecule is CCOc1ccc(N(CC(=O)N(Cc2ccccc2)C(C)C(=O)NC)S(=O)(=O)c2ccc(F)cc2)cc1.